The molecule has 4 rings (SSSR count). The van der Waals surface area contributed by atoms with E-state index in [0.29, 0.717) is 42.0 Å². The third-order valence-corrected chi connectivity index (χ3v) is 5.20. The van der Waals surface area contributed by atoms with Crippen LogP contribution in [0.15, 0.2) is 52.1 Å². The van der Waals surface area contributed by atoms with Gasteiger partial charge < -0.3 is 19.2 Å². The quantitative estimate of drug-likeness (QED) is 0.682. The van der Waals surface area contributed by atoms with Gasteiger partial charge in [-0.05, 0) is 30.7 Å². The molecule has 0 bridgehead atoms. The van der Waals surface area contributed by atoms with Crippen molar-refractivity contribution in [3.05, 3.63) is 42.5 Å². The first kappa shape index (κ1) is 16.8. The standard InChI is InChI=1S/C19H18N2O4S/c1-2-17(26-19-21-13-5-3-4-6-14(13)25-19)18(22)20-12-7-8-15-16(11-12)24-10-9-23-15/h3-8,11,17H,2,9-10H2,1H3,(H,20,22). The number of hydrogen-bond acceptors (Lipinski definition) is 6. The summed E-state index contributed by atoms with van der Waals surface area (Å²) in [5.74, 6) is 1.24. The summed E-state index contributed by atoms with van der Waals surface area (Å²) >= 11 is 1.32. The van der Waals surface area contributed by atoms with Crippen molar-refractivity contribution in [3.8, 4) is 11.5 Å². The number of ether oxygens (including phenoxy) is 2. The highest BCUT2D eigenvalue weighted by Gasteiger charge is 2.22. The molecule has 0 saturated carbocycles. The Kier molecular flexibility index (Phi) is 4.71. The zero-order chi connectivity index (χ0) is 17.9. The van der Waals surface area contributed by atoms with Gasteiger partial charge in [0.15, 0.2) is 17.1 Å². The van der Waals surface area contributed by atoms with E-state index in [4.69, 9.17) is 13.9 Å². The molecule has 2 heterocycles. The van der Waals surface area contributed by atoms with E-state index in [1.807, 2.05) is 37.3 Å². The van der Waals surface area contributed by atoms with Crippen LogP contribution in [-0.4, -0.2) is 29.4 Å². The van der Waals surface area contributed by atoms with E-state index in [1.54, 1.807) is 12.1 Å². The Morgan fingerprint density at radius 3 is 2.81 bits per heavy atom. The summed E-state index contributed by atoms with van der Waals surface area (Å²) in [6.45, 7) is 3.01. The van der Waals surface area contributed by atoms with Gasteiger partial charge in [-0.25, -0.2) is 4.98 Å². The van der Waals surface area contributed by atoms with Crippen molar-refractivity contribution in [2.45, 2.75) is 23.8 Å². The van der Waals surface area contributed by atoms with Gasteiger partial charge in [0.05, 0.1) is 5.25 Å². The SMILES string of the molecule is CCC(Sc1nc2ccccc2o1)C(=O)Nc1ccc2c(c1)OCCO2. The highest BCUT2D eigenvalue weighted by molar-refractivity contribution is 8.00. The predicted molar refractivity (Wildman–Crippen MR) is 100 cm³/mol. The number of para-hydroxylation sites is 2. The second kappa shape index (κ2) is 7.29. The average molecular weight is 370 g/mol. The Labute approximate surface area is 154 Å². The van der Waals surface area contributed by atoms with E-state index in [1.165, 1.54) is 11.8 Å². The van der Waals surface area contributed by atoms with Crippen LogP contribution in [0, 0.1) is 0 Å². The number of nitrogens with one attached hydrogen (secondary N) is 1. The summed E-state index contributed by atoms with van der Waals surface area (Å²) in [6.07, 6.45) is 0.653. The number of oxazole rings is 1. The Morgan fingerprint density at radius 2 is 2.00 bits per heavy atom. The zero-order valence-electron chi connectivity index (χ0n) is 14.2. The lowest BCUT2D eigenvalue weighted by Crippen LogP contribution is -2.24. The molecule has 0 saturated heterocycles. The fraction of sp³-hybridized carbons (Fsp3) is 0.263. The monoisotopic (exact) mass is 370 g/mol. The maximum Gasteiger partial charge on any atom is 0.257 e. The molecule has 1 aromatic heterocycles. The molecule has 1 aliphatic heterocycles. The molecule has 6 nitrogen and oxygen atoms in total. The number of aromatic nitrogens is 1. The second-order valence-electron chi connectivity index (χ2n) is 5.81. The summed E-state index contributed by atoms with van der Waals surface area (Å²) in [6, 6.07) is 12.9. The van der Waals surface area contributed by atoms with Crippen molar-refractivity contribution < 1.29 is 18.7 Å². The molecule has 1 atom stereocenters. The number of thioether (sulfide) groups is 1. The molecule has 0 aliphatic carbocycles. The van der Waals surface area contributed by atoms with E-state index in [2.05, 4.69) is 10.3 Å². The van der Waals surface area contributed by atoms with Gasteiger partial charge in [0.25, 0.3) is 5.22 Å². The maximum absolute atomic E-state index is 12.7. The highest BCUT2D eigenvalue weighted by Crippen LogP contribution is 2.33. The smallest absolute Gasteiger partial charge is 0.257 e. The molecule has 7 heteroatoms. The molecular formula is C19H18N2O4S. The summed E-state index contributed by atoms with van der Waals surface area (Å²) in [7, 11) is 0. The Hall–Kier alpha value is -2.67. The van der Waals surface area contributed by atoms with E-state index in [0.717, 1.165) is 11.1 Å². The number of fused-ring (bicyclic) bond motifs is 2. The number of nitrogens with zero attached hydrogens (tertiary/aromatic N) is 1. The molecular weight excluding hydrogens is 352 g/mol. The van der Waals surface area contributed by atoms with Crippen molar-refractivity contribution in [2.75, 3.05) is 18.5 Å². The molecule has 2 aromatic carbocycles. The van der Waals surface area contributed by atoms with E-state index in [9.17, 15) is 4.79 Å². The number of rotatable bonds is 5. The Balaban J connectivity index is 1.46. The summed E-state index contributed by atoms with van der Waals surface area (Å²) < 4.78 is 16.8. The van der Waals surface area contributed by atoms with Crippen molar-refractivity contribution in [1.82, 2.24) is 4.98 Å². The van der Waals surface area contributed by atoms with Crippen molar-refractivity contribution in [2.24, 2.45) is 0 Å². The van der Waals surface area contributed by atoms with Crippen molar-refractivity contribution >= 4 is 34.5 Å². The van der Waals surface area contributed by atoms with Crippen LogP contribution in [0.4, 0.5) is 5.69 Å². The molecule has 0 fully saturated rings. The van der Waals surface area contributed by atoms with Crippen LogP contribution in [0.2, 0.25) is 0 Å². The minimum atomic E-state index is -0.309. The molecule has 0 radical (unpaired) electrons. The van der Waals surface area contributed by atoms with Gasteiger partial charge >= 0.3 is 0 Å². The number of benzene rings is 2. The molecule has 1 aliphatic rings. The minimum Gasteiger partial charge on any atom is -0.486 e. The number of anilines is 1. The number of carbonyl (C=O) groups excluding carboxylic acids is 1. The first-order valence-corrected chi connectivity index (χ1v) is 9.33. The molecule has 3 aromatic rings. The van der Waals surface area contributed by atoms with Gasteiger partial charge in [-0.3, -0.25) is 4.79 Å². The predicted octanol–water partition coefficient (Wildman–Crippen LogP) is 4.11. The van der Waals surface area contributed by atoms with Crippen LogP contribution < -0.4 is 14.8 Å². The molecule has 134 valence electrons. The maximum atomic E-state index is 12.7. The van der Waals surface area contributed by atoms with Crippen molar-refractivity contribution in [1.29, 1.82) is 0 Å². The van der Waals surface area contributed by atoms with Gasteiger partial charge in [0, 0.05) is 11.8 Å². The lowest BCUT2D eigenvalue weighted by Gasteiger charge is -2.19. The van der Waals surface area contributed by atoms with Crippen LogP contribution in [0.1, 0.15) is 13.3 Å². The van der Waals surface area contributed by atoms with E-state index in [-0.39, 0.29) is 11.2 Å². The Morgan fingerprint density at radius 1 is 1.19 bits per heavy atom. The highest BCUT2D eigenvalue weighted by atomic mass is 32.2. The average Bonchev–Trinajstić information content (AvgIpc) is 3.08. The second-order valence-corrected chi connectivity index (χ2v) is 6.96. The summed E-state index contributed by atoms with van der Waals surface area (Å²) in [5, 5.41) is 3.12. The largest absolute Gasteiger partial charge is 0.486 e. The van der Waals surface area contributed by atoms with Gasteiger partial charge in [-0.15, -0.1) is 0 Å². The normalized spacial score (nSPS) is 14.2. The third-order valence-electron chi connectivity index (χ3n) is 3.99. The summed E-state index contributed by atoms with van der Waals surface area (Å²) in [5.41, 5.74) is 2.19. The number of amides is 1. The minimum absolute atomic E-state index is 0.101. The number of carbonyl (C=O) groups is 1. The van der Waals surface area contributed by atoms with Crippen molar-refractivity contribution in [3.63, 3.8) is 0 Å². The van der Waals surface area contributed by atoms with Crippen LogP contribution in [0.3, 0.4) is 0 Å². The van der Waals surface area contributed by atoms with Crippen LogP contribution in [0.25, 0.3) is 11.1 Å². The molecule has 1 unspecified atom stereocenters. The first-order valence-electron chi connectivity index (χ1n) is 8.45. The van der Waals surface area contributed by atoms with E-state index >= 15 is 0 Å². The lowest BCUT2D eigenvalue weighted by molar-refractivity contribution is -0.115. The van der Waals surface area contributed by atoms with Gasteiger partial charge in [-0.2, -0.15) is 0 Å². The fourth-order valence-corrected chi connectivity index (χ4v) is 3.55. The van der Waals surface area contributed by atoms with Crippen LogP contribution in [0.5, 0.6) is 11.5 Å². The third kappa shape index (κ3) is 3.48. The van der Waals surface area contributed by atoms with Crippen LogP contribution >= 0.6 is 11.8 Å². The zero-order valence-corrected chi connectivity index (χ0v) is 15.0. The molecule has 0 spiro atoms. The lowest BCUT2D eigenvalue weighted by atomic mass is 10.2. The van der Waals surface area contributed by atoms with Gasteiger partial charge in [0.1, 0.15) is 18.7 Å². The molecule has 1 N–H and O–H groups in total. The topological polar surface area (TPSA) is 73.6 Å². The van der Waals surface area contributed by atoms with Gasteiger partial charge in [0.2, 0.25) is 5.91 Å². The molecule has 1 amide bonds. The fourth-order valence-electron chi connectivity index (χ4n) is 2.69. The molecule has 26 heavy (non-hydrogen) atoms. The Bertz CT molecular complexity index is 907. The van der Waals surface area contributed by atoms with Gasteiger partial charge in [-0.1, -0.05) is 30.8 Å². The van der Waals surface area contributed by atoms with Crippen LogP contribution in [-0.2, 0) is 4.79 Å². The first-order chi connectivity index (χ1) is 12.7. The number of hydrogen-bond donors (Lipinski definition) is 1. The summed E-state index contributed by atoms with van der Waals surface area (Å²) in [4.78, 5) is 17.1. The van der Waals surface area contributed by atoms with E-state index < -0.39 is 0 Å².